The van der Waals surface area contributed by atoms with E-state index in [0.717, 1.165) is 44.2 Å². The van der Waals surface area contributed by atoms with Crippen LogP contribution in [0.15, 0.2) is 29.3 Å². The maximum Gasteiger partial charge on any atom is 0.245 e. The number of nitrogens with zero attached hydrogens (tertiary/aromatic N) is 5. The molecule has 2 aromatic heterocycles. The minimum Gasteiger partial charge on any atom is -0.360 e. The zero-order chi connectivity index (χ0) is 15.5. The van der Waals surface area contributed by atoms with Crippen LogP contribution >= 0.6 is 0 Å². The normalized spacial score (nSPS) is 17.6. The Hall–Kier alpha value is -2.15. The summed E-state index contributed by atoms with van der Waals surface area (Å²) in [5.74, 6) is 1.03. The summed E-state index contributed by atoms with van der Waals surface area (Å²) in [5.41, 5.74) is 0.901. The Balaban J connectivity index is 1.52. The van der Waals surface area contributed by atoms with Crippen LogP contribution in [0.3, 0.4) is 0 Å². The van der Waals surface area contributed by atoms with Gasteiger partial charge in [-0.15, -0.1) is 0 Å². The predicted molar refractivity (Wildman–Crippen MR) is 80.0 cm³/mol. The van der Waals surface area contributed by atoms with E-state index >= 15 is 0 Å². The van der Waals surface area contributed by atoms with E-state index in [1.54, 1.807) is 12.5 Å². The van der Waals surface area contributed by atoms with Crippen molar-refractivity contribution < 1.29 is 9.32 Å². The summed E-state index contributed by atoms with van der Waals surface area (Å²) < 4.78 is 7.09. The molecule has 1 aliphatic heterocycles. The first-order valence-corrected chi connectivity index (χ1v) is 7.54. The summed E-state index contributed by atoms with van der Waals surface area (Å²) in [6, 6.07) is 1.75. The van der Waals surface area contributed by atoms with Crippen molar-refractivity contribution >= 4 is 5.91 Å². The van der Waals surface area contributed by atoms with Crippen molar-refractivity contribution in [2.45, 2.75) is 26.4 Å². The van der Waals surface area contributed by atoms with Crippen molar-refractivity contribution in [2.75, 3.05) is 26.2 Å². The van der Waals surface area contributed by atoms with Crippen LogP contribution in [0.25, 0.3) is 0 Å². The largest absolute Gasteiger partial charge is 0.360 e. The summed E-state index contributed by atoms with van der Waals surface area (Å²) in [5, 5.41) is 3.90. The first-order chi connectivity index (χ1) is 10.6. The molecule has 1 atom stereocenters. The lowest BCUT2D eigenvalue weighted by Gasteiger charge is -2.35. The standard InChI is InChI=1S/C15H21N5O2/c1-12-9-14(22-17-12)10-18-5-7-19(8-6-18)15(21)13(2)20-4-3-16-11-20/h3-4,9,11,13H,5-8,10H2,1-2H3/t13-/m0/s1. The third-order valence-electron chi connectivity index (χ3n) is 4.07. The number of amides is 1. The van der Waals surface area contributed by atoms with Crippen LogP contribution in [0.4, 0.5) is 0 Å². The topological polar surface area (TPSA) is 67.4 Å². The fourth-order valence-electron chi connectivity index (χ4n) is 2.73. The highest BCUT2D eigenvalue weighted by Gasteiger charge is 2.26. The predicted octanol–water partition coefficient (Wildman–Crippen LogP) is 1.08. The van der Waals surface area contributed by atoms with Crippen LogP contribution in [0.2, 0.25) is 0 Å². The molecule has 0 unspecified atom stereocenters. The fourth-order valence-corrected chi connectivity index (χ4v) is 2.73. The minimum absolute atomic E-state index is 0.146. The Morgan fingerprint density at radius 1 is 1.36 bits per heavy atom. The number of hydrogen-bond donors (Lipinski definition) is 0. The third-order valence-corrected chi connectivity index (χ3v) is 4.07. The smallest absolute Gasteiger partial charge is 0.245 e. The van der Waals surface area contributed by atoms with Crippen molar-refractivity contribution in [3.63, 3.8) is 0 Å². The van der Waals surface area contributed by atoms with Crippen molar-refractivity contribution in [1.29, 1.82) is 0 Å². The molecule has 118 valence electrons. The zero-order valence-corrected chi connectivity index (χ0v) is 13.0. The van der Waals surface area contributed by atoms with Gasteiger partial charge in [0.1, 0.15) is 6.04 Å². The van der Waals surface area contributed by atoms with Crippen LogP contribution in [-0.2, 0) is 11.3 Å². The fraction of sp³-hybridized carbons (Fsp3) is 0.533. The van der Waals surface area contributed by atoms with Gasteiger partial charge in [-0.25, -0.2) is 4.98 Å². The van der Waals surface area contributed by atoms with Crippen LogP contribution < -0.4 is 0 Å². The number of carbonyl (C=O) groups is 1. The summed E-state index contributed by atoms with van der Waals surface area (Å²) in [6.07, 6.45) is 5.21. The van der Waals surface area contributed by atoms with Crippen LogP contribution in [-0.4, -0.2) is 56.6 Å². The van der Waals surface area contributed by atoms with Gasteiger partial charge in [0.15, 0.2) is 5.76 Å². The van der Waals surface area contributed by atoms with Gasteiger partial charge in [0, 0.05) is 44.6 Å². The van der Waals surface area contributed by atoms with Gasteiger partial charge in [-0.3, -0.25) is 9.69 Å². The Kier molecular flexibility index (Phi) is 4.24. The van der Waals surface area contributed by atoms with Crippen molar-refractivity contribution in [2.24, 2.45) is 0 Å². The van der Waals surface area contributed by atoms with E-state index in [0.29, 0.717) is 0 Å². The van der Waals surface area contributed by atoms with Gasteiger partial charge < -0.3 is 14.0 Å². The SMILES string of the molecule is Cc1cc(CN2CCN(C(=O)[C@H](C)n3ccnc3)CC2)on1. The summed E-state index contributed by atoms with van der Waals surface area (Å²) in [7, 11) is 0. The van der Waals surface area contributed by atoms with E-state index in [1.165, 1.54) is 0 Å². The minimum atomic E-state index is -0.203. The molecule has 1 aliphatic rings. The Bertz CT molecular complexity index is 614. The molecule has 0 saturated carbocycles. The van der Waals surface area contributed by atoms with Gasteiger partial charge in [0.2, 0.25) is 5.91 Å². The molecule has 7 nitrogen and oxygen atoms in total. The Labute approximate surface area is 129 Å². The number of piperazine rings is 1. The molecule has 2 aromatic rings. The number of imidazole rings is 1. The monoisotopic (exact) mass is 303 g/mol. The van der Waals surface area contributed by atoms with Gasteiger partial charge in [-0.1, -0.05) is 5.16 Å². The highest BCUT2D eigenvalue weighted by atomic mass is 16.5. The van der Waals surface area contributed by atoms with E-state index in [-0.39, 0.29) is 11.9 Å². The van der Waals surface area contributed by atoms with Gasteiger partial charge in [0.25, 0.3) is 0 Å². The Morgan fingerprint density at radius 2 is 2.14 bits per heavy atom. The quantitative estimate of drug-likeness (QED) is 0.845. The number of aromatic nitrogens is 3. The molecule has 1 amide bonds. The van der Waals surface area contributed by atoms with Gasteiger partial charge >= 0.3 is 0 Å². The van der Waals surface area contributed by atoms with Gasteiger partial charge in [-0.05, 0) is 13.8 Å². The van der Waals surface area contributed by atoms with Crippen LogP contribution in [0.1, 0.15) is 24.4 Å². The van der Waals surface area contributed by atoms with E-state index in [9.17, 15) is 4.79 Å². The number of hydrogen-bond acceptors (Lipinski definition) is 5. The average molecular weight is 303 g/mol. The van der Waals surface area contributed by atoms with Crippen LogP contribution in [0.5, 0.6) is 0 Å². The van der Waals surface area contributed by atoms with Gasteiger partial charge in [-0.2, -0.15) is 0 Å². The maximum absolute atomic E-state index is 12.5. The molecule has 0 aromatic carbocycles. The van der Waals surface area contributed by atoms with Crippen LogP contribution in [0, 0.1) is 6.92 Å². The summed E-state index contributed by atoms with van der Waals surface area (Å²) in [4.78, 5) is 20.7. The first-order valence-electron chi connectivity index (χ1n) is 7.54. The number of aryl methyl sites for hydroxylation is 1. The van der Waals surface area contributed by atoms with Gasteiger partial charge in [0.05, 0.1) is 18.6 Å². The second kappa shape index (κ2) is 6.31. The molecule has 0 aliphatic carbocycles. The Morgan fingerprint density at radius 3 is 2.73 bits per heavy atom. The molecule has 0 spiro atoms. The maximum atomic E-state index is 12.5. The highest BCUT2D eigenvalue weighted by molar-refractivity contribution is 5.80. The molecule has 1 fully saturated rings. The highest BCUT2D eigenvalue weighted by Crippen LogP contribution is 2.14. The van der Waals surface area contributed by atoms with E-state index in [4.69, 9.17) is 4.52 Å². The molecule has 22 heavy (non-hydrogen) atoms. The number of rotatable bonds is 4. The summed E-state index contributed by atoms with van der Waals surface area (Å²) >= 11 is 0. The molecule has 1 saturated heterocycles. The van der Waals surface area contributed by atoms with E-state index in [2.05, 4.69) is 15.0 Å². The molecule has 3 rings (SSSR count). The first kappa shape index (κ1) is 14.8. The third kappa shape index (κ3) is 3.19. The lowest BCUT2D eigenvalue weighted by atomic mass is 10.2. The lowest BCUT2D eigenvalue weighted by molar-refractivity contribution is -0.136. The molecule has 0 N–H and O–H groups in total. The number of carbonyl (C=O) groups excluding carboxylic acids is 1. The molecule has 0 bridgehead atoms. The zero-order valence-electron chi connectivity index (χ0n) is 13.0. The van der Waals surface area contributed by atoms with Crippen molar-refractivity contribution in [3.8, 4) is 0 Å². The molecule has 7 heteroatoms. The summed E-state index contributed by atoms with van der Waals surface area (Å²) in [6.45, 7) is 7.76. The van der Waals surface area contributed by atoms with E-state index < -0.39 is 0 Å². The average Bonchev–Trinajstić information content (AvgIpc) is 3.18. The molecular formula is C15H21N5O2. The van der Waals surface area contributed by atoms with E-state index in [1.807, 2.05) is 35.6 Å². The second-order valence-electron chi connectivity index (χ2n) is 5.72. The molecule has 3 heterocycles. The molecule has 0 radical (unpaired) electrons. The van der Waals surface area contributed by atoms with Crippen molar-refractivity contribution in [1.82, 2.24) is 24.5 Å². The lowest BCUT2D eigenvalue weighted by Crippen LogP contribution is -2.49. The molecular weight excluding hydrogens is 282 g/mol. The van der Waals surface area contributed by atoms with Crippen molar-refractivity contribution in [3.05, 3.63) is 36.2 Å². The second-order valence-corrected chi connectivity index (χ2v) is 5.72.